The number of benzene rings is 2. The molecule has 0 aliphatic heterocycles. The van der Waals surface area contributed by atoms with Gasteiger partial charge in [-0.05, 0) is 30.7 Å². The number of nitrogens with zero attached hydrogens (tertiary/aromatic N) is 2. The van der Waals surface area contributed by atoms with Gasteiger partial charge in [0, 0.05) is 5.56 Å². The number of anilines is 1. The van der Waals surface area contributed by atoms with E-state index < -0.39 is 11.8 Å². The van der Waals surface area contributed by atoms with Gasteiger partial charge in [0.15, 0.2) is 0 Å². The van der Waals surface area contributed by atoms with Gasteiger partial charge in [-0.15, -0.1) is 0 Å². The predicted octanol–water partition coefficient (Wildman–Crippen LogP) is 1.58. The summed E-state index contributed by atoms with van der Waals surface area (Å²) in [5, 5.41) is 9.48. The summed E-state index contributed by atoms with van der Waals surface area (Å²) in [5.41, 5.74) is 8.62. The minimum atomic E-state index is -0.618. The van der Waals surface area contributed by atoms with Crippen LogP contribution in [-0.4, -0.2) is 34.0 Å². The first-order chi connectivity index (χ1) is 13.9. The standard InChI is InChI=1S/C21H21N5O3/c1-14-4-2-5-15(8-14)9-20(28)25-17-11-24-26(13-17)18-7-3-6-16(10-18)21(29)23-12-19(22)27/h2-8,10-11,13H,9,12H2,1H3,(H2,22,27)(H,23,29)(H,25,28). The summed E-state index contributed by atoms with van der Waals surface area (Å²) in [6.07, 6.45) is 3.46. The van der Waals surface area contributed by atoms with E-state index in [0.29, 0.717) is 16.9 Å². The first kappa shape index (κ1) is 19.8. The van der Waals surface area contributed by atoms with Gasteiger partial charge in [0.25, 0.3) is 5.91 Å². The SMILES string of the molecule is Cc1cccc(CC(=O)Nc2cnn(-c3cccc(C(=O)NCC(N)=O)c3)c2)c1. The second-order valence-corrected chi connectivity index (χ2v) is 6.59. The molecule has 1 heterocycles. The van der Waals surface area contributed by atoms with Crippen LogP contribution in [-0.2, 0) is 16.0 Å². The van der Waals surface area contributed by atoms with Gasteiger partial charge < -0.3 is 16.4 Å². The Bertz CT molecular complexity index is 1060. The first-order valence-corrected chi connectivity index (χ1v) is 8.98. The van der Waals surface area contributed by atoms with E-state index >= 15 is 0 Å². The lowest BCUT2D eigenvalue weighted by Gasteiger charge is -2.06. The molecule has 0 saturated heterocycles. The summed E-state index contributed by atoms with van der Waals surface area (Å²) >= 11 is 0. The number of hydrogen-bond donors (Lipinski definition) is 3. The van der Waals surface area contributed by atoms with E-state index in [0.717, 1.165) is 11.1 Å². The number of nitrogens with one attached hydrogen (secondary N) is 2. The van der Waals surface area contributed by atoms with Crippen molar-refractivity contribution in [1.82, 2.24) is 15.1 Å². The zero-order chi connectivity index (χ0) is 20.8. The highest BCUT2D eigenvalue weighted by atomic mass is 16.2. The highest BCUT2D eigenvalue weighted by molar-refractivity contribution is 5.96. The van der Waals surface area contributed by atoms with E-state index in [4.69, 9.17) is 5.73 Å². The fourth-order valence-corrected chi connectivity index (χ4v) is 2.80. The molecule has 0 radical (unpaired) electrons. The Morgan fingerprint density at radius 1 is 1.10 bits per heavy atom. The summed E-state index contributed by atoms with van der Waals surface area (Å²) in [6.45, 7) is 1.75. The molecule has 1 aromatic heterocycles. The average Bonchev–Trinajstić information content (AvgIpc) is 3.14. The van der Waals surface area contributed by atoms with Crippen molar-refractivity contribution < 1.29 is 14.4 Å². The number of aryl methyl sites for hydroxylation is 1. The van der Waals surface area contributed by atoms with Gasteiger partial charge in [0.05, 0.1) is 36.7 Å². The molecule has 0 bridgehead atoms. The molecular weight excluding hydrogens is 370 g/mol. The van der Waals surface area contributed by atoms with Gasteiger partial charge in [0.2, 0.25) is 11.8 Å². The Morgan fingerprint density at radius 2 is 1.90 bits per heavy atom. The van der Waals surface area contributed by atoms with Gasteiger partial charge in [0.1, 0.15) is 0 Å². The van der Waals surface area contributed by atoms with E-state index in [1.807, 2.05) is 31.2 Å². The van der Waals surface area contributed by atoms with Crippen LogP contribution in [0.3, 0.4) is 0 Å². The molecule has 3 amide bonds. The summed E-state index contributed by atoms with van der Waals surface area (Å²) in [6, 6.07) is 14.5. The Morgan fingerprint density at radius 3 is 2.66 bits per heavy atom. The van der Waals surface area contributed by atoms with Crippen molar-refractivity contribution in [2.24, 2.45) is 5.73 Å². The van der Waals surface area contributed by atoms with Crippen molar-refractivity contribution in [1.29, 1.82) is 0 Å². The molecule has 0 atom stereocenters. The lowest BCUT2D eigenvalue weighted by atomic mass is 10.1. The molecule has 4 N–H and O–H groups in total. The van der Waals surface area contributed by atoms with Crippen LogP contribution in [0.15, 0.2) is 60.9 Å². The molecule has 0 saturated carbocycles. The molecule has 148 valence electrons. The van der Waals surface area contributed by atoms with Crippen molar-refractivity contribution in [3.63, 3.8) is 0 Å². The molecule has 0 fully saturated rings. The minimum Gasteiger partial charge on any atom is -0.368 e. The van der Waals surface area contributed by atoms with Crippen molar-refractivity contribution in [2.75, 3.05) is 11.9 Å². The van der Waals surface area contributed by atoms with Crippen LogP contribution in [0.5, 0.6) is 0 Å². The zero-order valence-electron chi connectivity index (χ0n) is 15.9. The van der Waals surface area contributed by atoms with Crippen LogP contribution in [0.4, 0.5) is 5.69 Å². The first-order valence-electron chi connectivity index (χ1n) is 8.98. The quantitative estimate of drug-likeness (QED) is 0.566. The average molecular weight is 391 g/mol. The fourth-order valence-electron chi connectivity index (χ4n) is 2.80. The molecule has 0 spiro atoms. The maximum absolute atomic E-state index is 12.3. The largest absolute Gasteiger partial charge is 0.368 e. The number of hydrogen-bond acceptors (Lipinski definition) is 4. The molecule has 29 heavy (non-hydrogen) atoms. The maximum atomic E-state index is 12.3. The van der Waals surface area contributed by atoms with Gasteiger partial charge in [-0.1, -0.05) is 35.9 Å². The Kier molecular flexibility index (Phi) is 6.03. The molecule has 3 aromatic rings. The molecular formula is C21H21N5O3. The molecule has 3 rings (SSSR count). The number of primary amides is 1. The van der Waals surface area contributed by atoms with Crippen molar-refractivity contribution in [2.45, 2.75) is 13.3 Å². The monoisotopic (exact) mass is 391 g/mol. The third-order valence-corrected chi connectivity index (χ3v) is 4.11. The number of nitrogens with two attached hydrogens (primary N) is 1. The van der Waals surface area contributed by atoms with E-state index in [1.165, 1.54) is 6.20 Å². The minimum absolute atomic E-state index is 0.144. The van der Waals surface area contributed by atoms with E-state index in [1.54, 1.807) is 35.1 Å². The molecule has 8 nitrogen and oxygen atoms in total. The van der Waals surface area contributed by atoms with Crippen LogP contribution in [0.1, 0.15) is 21.5 Å². The number of aromatic nitrogens is 2. The normalized spacial score (nSPS) is 10.4. The van der Waals surface area contributed by atoms with Crippen LogP contribution < -0.4 is 16.4 Å². The Hall–Kier alpha value is -3.94. The molecule has 8 heteroatoms. The second kappa shape index (κ2) is 8.83. The molecule has 0 aliphatic rings. The number of amides is 3. The lowest BCUT2D eigenvalue weighted by Crippen LogP contribution is -2.33. The maximum Gasteiger partial charge on any atom is 0.251 e. The molecule has 0 unspecified atom stereocenters. The van der Waals surface area contributed by atoms with Crippen molar-refractivity contribution in [3.8, 4) is 5.69 Å². The third-order valence-electron chi connectivity index (χ3n) is 4.11. The summed E-state index contributed by atoms with van der Waals surface area (Å²) in [7, 11) is 0. The lowest BCUT2D eigenvalue weighted by molar-refractivity contribution is -0.117. The Labute approximate surface area is 167 Å². The molecule has 0 aliphatic carbocycles. The van der Waals surface area contributed by atoms with Crippen molar-refractivity contribution in [3.05, 3.63) is 77.6 Å². The second-order valence-electron chi connectivity index (χ2n) is 6.59. The predicted molar refractivity (Wildman–Crippen MR) is 109 cm³/mol. The van der Waals surface area contributed by atoms with Gasteiger partial charge >= 0.3 is 0 Å². The topological polar surface area (TPSA) is 119 Å². The van der Waals surface area contributed by atoms with E-state index in [9.17, 15) is 14.4 Å². The van der Waals surface area contributed by atoms with Gasteiger partial charge in [-0.2, -0.15) is 5.10 Å². The Balaban J connectivity index is 1.66. The van der Waals surface area contributed by atoms with Crippen molar-refractivity contribution >= 4 is 23.4 Å². The smallest absolute Gasteiger partial charge is 0.251 e. The van der Waals surface area contributed by atoms with Gasteiger partial charge in [-0.3, -0.25) is 14.4 Å². The number of carbonyl (C=O) groups excluding carboxylic acids is 3. The van der Waals surface area contributed by atoms with E-state index in [2.05, 4.69) is 15.7 Å². The molecule has 2 aromatic carbocycles. The number of rotatable bonds is 7. The van der Waals surface area contributed by atoms with Crippen LogP contribution in [0.25, 0.3) is 5.69 Å². The van der Waals surface area contributed by atoms with E-state index in [-0.39, 0.29) is 18.9 Å². The number of carbonyl (C=O) groups is 3. The summed E-state index contributed by atoms with van der Waals surface area (Å²) in [5.74, 6) is -1.17. The van der Waals surface area contributed by atoms with Gasteiger partial charge in [-0.25, -0.2) is 4.68 Å². The third kappa shape index (κ3) is 5.52. The van der Waals surface area contributed by atoms with Crippen LogP contribution >= 0.6 is 0 Å². The highest BCUT2D eigenvalue weighted by Gasteiger charge is 2.10. The highest BCUT2D eigenvalue weighted by Crippen LogP contribution is 2.14. The summed E-state index contributed by atoms with van der Waals surface area (Å²) < 4.78 is 1.55. The fraction of sp³-hybridized carbons (Fsp3) is 0.143. The zero-order valence-corrected chi connectivity index (χ0v) is 15.9. The van der Waals surface area contributed by atoms with Crippen LogP contribution in [0.2, 0.25) is 0 Å². The van der Waals surface area contributed by atoms with Crippen LogP contribution in [0, 0.1) is 6.92 Å². The summed E-state index contributed by atoms with van der Waals surface area (Å²) in [4.78, 5) is 35.2.